The molecule has 5 rings (SSSR count). The summed E-state index contributed by atoms with van der Waals surface area (Å²) >= 11 is 6.12. The number of hydrogen-bond donors (Lipinski definition) is 0. The second-order valence-electron chi connectivity index (χ2n) is 11.7. The van der Waals surface area contributed by atoms with Gasteiger partial charge in [0.1, 0.15) is 0 Å². The van der Waals surface area contributed by atoms with Crippen molar-refractivity contribution in [2.75, 3.05) is 13.7 Å². The van der Waals surface area contributed by atoms with Crippen molar-refractivity contribution in [1.82, 2.24) is 4.90 Å². The standard InChI is InChI=1S/C31H34ClF4NO3/c1-29(33,31(34,35)36)23-10-13-25-22(17-23)9-14-26-30(25,18-19-3-11-24(32)12-4-19)15-16-37(26)27(38)20-5-7-21(8-6-20)28(39)40-2/h3-4,10-13,17,20-21,26H,5-9,14-16,18H2,1-2H3. The number of halogens is 5. The van der Waals surface area contributed by atoms with Crippen molar-refractivity contribution in [3.8, 4) is 0 Å². The van der Waals surface area contributed by atoms with Crippen LogP contribution in [0.2, 0.25) is 5.02 Å². The highest BCUT2D eigenvalue weighted by molar-refractivity contribution is 6.30. The number of benzene rings is 2. The highest BCUT2D eigenvalue weighted by Gasteiger charge is 2.56. The zero-order chi connectivity index (χ0) is 28.9. The van der Waals surface area contributed by atoms with Gasteiger partial charge in [-0.15, -0.1) is 0 Å². The number of hydrogen-bond acceptors (Lipinski definition) is 3. The minimum atomic E-state index is -5.02. The van der Waals surface area contributed by atoms with Crippen LogP contribution in [-0.4, -0.2) is 42.6 Å². The van der Waals surface area contributed by atoms with Gasteiger partial charge in [0.25, 0.3) is 0 Å². The van der Waals surface area contributed by atoms with Crippen molar-refractivity contribution in [3.63, 3.8) is 0 Å². The van der Waals surface area contributed by atoms with Crippen LogP contribution in [0.25, 0.3) is 0 Å². The Labute approximate surface area is 237 Å². The molecule has 2 aromatic rings. The van der Waals surface area contributed by atoms with Crippen LogP contribution in [0.15, 0.2) is 42.5 Å². The van der Waals surface area contributed by atoms with Crippen LogP contribution in [0.4, 0.5) is 17.6 Å². The third-order valence-electron chi connectivity index (χ3n) is 9.54. The topological polar surface area (TPSA) is 46.6 Å². The van der Waals surface area contributed by atoms with Gasteiger partial charge < -0.3 is 9.64 Å². The second-order valence-corrected chi connectivity index (χ2v) is 12.2. The fraction of sp³-hybridized carbons (Fsp3) is 0.548. The van der Waals surface area contributed by atoms with E-state index in [0.717, 1.165) is 11.1 Å². The molecule has 2 fully saturated rings. The first kappa shape index (κ1) is 28.9. The predicted octanol–water partition coefficient (Wildman–Crippen LogP) is 7.09. The molecule has 1 heterocycles. The molecular weight excluding hydrogens is 546 g/mol. The van der Waals surface area contributed by atoms with E-state index >= 15 is 0 Å². The fourth-order valence-corrected chi connectivity index (χ4v) is 7.36. The summed E-state index contributed by atoms with van der Waals surface area (Å²) in [5, 5.41) is 0.603. The average Bonchev–Trinajstić information content (AvgIpc) is 3.32. The normalized spacial score (nSPS) is 27.9. The molecule has 0 N–H and O–H groups in total. The van der Waals surface area contributed by atoms with Crippen LogP contribution in [0.3, 0.4) is 0 Å². The van der Waals surface area contributed by atoms with Gasteiger partial charge in [-0.3, -0.25) is 9.59 Å². The molecule has 0 radical (unpaired) electrons. The zero-order valence-corrected chi connectivity index (χ0v) is 23.5. The van der Waals surface area contributed by atoms with Crippen molar-refractivity contribution >= 4 is 23.5 Å². The second kappa shape index (κ2) is 10.7. The molecule has 1 aliphatic heterocycles. The van der Waals surface area contributed by atoms with Crippen LogP contribution in [0.1, 0.15) is 67.7 Å². The third kappa shape index (κ3) is 5.01. The van der Waals surface area contributed by atoms with Crippen molar-refractivity contribution in [2.45, 2.75) is 81.6 Å². The summed E-state index contributed by atoms with van der Waals surface area (Å²) in [4.78, 5) is 27.8. The molecule has 0 spiro atoms. The molecule has 3 aliphatic rings. The van der Waals surface area contributed by atoms with Gasteiger partial charge in [-0.25, -0.2) is 4.39 Å². The van der Waals surface area contributed by atoms with Gasteiger partial charge in [0.2, 0.25) is 11.6 Å². The number of amides is 1. The fourth-order valence-electron chi connectivity index (χ4n) is 7.23. The van der Waals surface area contributed by atoms with Gasteiger partial charge in [-0.1, -0.05) is 41.9 Å². The Kier molecular flexibility index (Phi) is 7.70. The van der Waals surface area contributed by atoms with Gasteiger partial charge in [-0.2, -0.15) is 13.2 Å². The summed E-state index contributed by atoms with van der Waals surface area (Å²) in [6.07, 6.45) is -0.256. The maximum absolute atomic E-state index is 14.9. The first-order valence-corrected chi connectivity index (χ1v) is 14.3. The first-order valence-electron chi connectivity index (χ1n) is 13.9. The maximum atomic E-state index is 14.9. The Morgan fingerprint density at radius 3 is 2.27 bits per heavy atom. The highest BCUT2D eigenvalue weighted by Crippen LogP contribution is 2.51. The number of aryl methyl sites for hydroxylation is 1. The highest BCUT2D eigenvalue weighted by atomic mass is 35.5. The van der Waals surface area contributed by atoms with E-state index in [4.69, 9.17) is 16.3 Å². The maximum Gasteiger partial charge on any atom is 0.426 e. The molecule has 3 unspecified atom stereocenters. The SMILES string of the molecule is COC(=O)C1CCC(C(=O)N2CCC3(Cc4ccc(Cl)cc4)c4ccc(C(C)(F)C(F)(F)F)cc4CCC23)CC1. The largest absolute Gasteiger partial charge is 0.469 e. The lowest BCUT2D eigenvalue weighted by Gasteiger charge is -2.45. The van der Waals surface area contributed by atoms with E-state index in [9.17, 15) is 27.2 Å². The Morgan fingerprint density at radius 1 is 1.00 bits per heavy atom. The van der Waals surface area contributed by atoms with E-state index in [2.05, 4.69) is 0 Å². The number of likely N-dealkylation sites (tertiary alicyclic amines) is 1. The van der Waals surface area contributed by atoms with E-state index in [1.807, 2.05) is 29.2 Å². The Bertz CT molecular complexity index is 1270. The number of methoxy groups -OCH3 is 1. The van der Waals surface area contributed by atoms with Gasteiger partial charge in [0.15, 0.2) is 0 Å². The van der Waals surface area contributed by atoms with Crippen molar-refractivity contribution in [3.05, 3.63) is 69.7 Å². The predicted molar refractivity (Wildman–Crippen MR) is 144 cm³/mol. The lowest BCUT2D eigenvalue weighted by Crippen LogP contribution is -2.51. The van der Waals surface area contributed by atoms with Gasteiger partial charge >= 0.3 is 12.1 Å². The molecule has 4 nitrogen and oxygen atoms in total. The summed E-state index contributed by atoms with van der Waals surface area (Å²) < 4.78 is 60.3. The van der Waals surface area contributed by atoms with E-state index in [1.165, 1.54) is 19.2 Å². The average molecular weight is 580 g/mol. The lowest BCUT2D eigenvalue weighted by molar-refractivity contribution is -0.228. The smallest absolute Gasteiger partial charge is 0.426 e. The molecule has 3 atom stereocenters. The molecule has 1 amide bonds. The van der Waals surface area contributed by atoms with Gasteiger partial charge in [0.05, 0.1) is 13.0 Å². The quantitative estimate of drug-likeness (QED) is 0.280. The molecule has 9 heteroatoms. The first-order chi connectivity index (χ1) is 18.9. The molecule has 0 bridgehead atoms. The minimum absolute atomic E-state index is 0.0831. The van der Waals surface area contributed by atoms with Crippen LogP contribution in [-0.2, 0) is 38.3 Å². The molecule has 2 aliphatic carbocycles. The van der Waals surface area contributed by atoms with Crippen LogP contribution >= 0.6 is 11.6 Å². The minimum Gasteiger partial charge on any atom is -0.469 e. The molecule has 40 heavy (non-hydrogen) atoms. The van der Waals surface area contributed by atoms with E-state index in [1.54, 1.807) is 6.07 Å². The Hall–Kier alpha value is -2.61. The van der Waals surface area contributed by atoms with E-state index < -0.39 is 22.8 Å². The zero-order valence-electron chi connectivity index (χ0n) is 22.7. The molecule has 2 aromatic carbocycles. The summed E-state index contributed by atoms with van der Waals surface area (Å²) in [6.45, 7) is 1.10. The number of alkyl halides is 4. The van der Waals surface area contributed by atoms with Crippen molar-refractivity contribution in [2.24, 2.45) is 11.8 Å². The molecule has 216 valence electrons. The van der Waals surface area contributed by atoms with Crippen LogP contribution < -0.4 is 0 Å². The lowest BCUT2D eigenvalue weighted by atomic mass is 9.63. The van der Waals surface area contributed by atoms with E-state index in [-0.39, 0.29) is 29.8 Å². The molecular formula is C31H34ClF4NO3. The summed E-state index contributed by atoms with van der Waals surface area (Å²) in [5.41, 5.74) is -1.74. The van der Waals surface area contributed by atoms with Gasteiger partial charge in [-0.05, 0) is 92.7 Å². The number of ether oxygens (including phenoxy) is 1. The number of carbonyl (C=O) groups excluding carboxylic acids is 2. The van der Waals surface area contributed by atoms with Crippen molar-refractivity contribution < 1.29 is 31.9 Å². The number of rotatable bonds is 5. The Balaban J connectivity index is 1.47. The van der Waals surface area contributed by atoms with E-state index in [0.29, 0.717) is 75.4 Å². The van der Waals surface area contributed by atoms with Crippen LogP contribution in [0.5, 0.6) is 0 Å². The van der Waals surface area contributed by atoms with Crippen molar-refractivity contribution in [1.29, 1.82) is 0 Å². The Morgan fingerprint density at radius 2 is 1.65 bits per heavy atom. The number of esters is 1. The molecule has 1 saturated heterocycles. The number of fused-ring (bicyclic) bond motifs is 3. The van der Waals surface area contributed by atoms with Crippen LogP contribution in [0, 0.1) is 11.8 Å². The van der Waals surface area contributed by atoms with Gasteiger partial charge in [0, 0.05) is 28.9 Å². The third-order valence-corrected chi connectivity index (χ3v) is 9.79. The monoisotopic (exact) mass is 579 g/mol. The summed E-state index contributed by atoms with van der Waals surface area (Å²) in [6, 6.07) is 11.7. The molecule has 1 saturated carbocycles. The number of carbonyl (C=O) groups is 2. The summed E-state index contributed by atoms with van der Waals surface area (Å²) in [7, 11) is 1.38. The number of nitrogens with zero attached hydrogens (tertiary/aromatic N) is 1. The summed E-state index contributed by atoms with van der Waals surface area (Å²) in [5.74, 6) is -0.493. The molecule has 0 aromatic heterocycles.